The molecule has 7 heteroatoms. The molecule has 1 saturated heterocycles. The predicted molar refractivity (Wildman–Crippen MR) is 125 cm³/mol. The van der Waals surface area contributed by atoms with Crippen molar-refractivity contribution in [3.05, 3.63) is 48.2 Å². The van der Waals surface area contributed by atoms with Gasteiger partial charge in [0.1, 0.15) is 11.4 Å². The van der Waals surface area contributed by atoms with Crippen LogP contribution in [0, 0.1) is 0 Å². The molecule has 0 bridgehead atoms. The second kappa shape index (κ2) is 8.21. The van der Waals surface area contributed by atoms with Crippen LogP contribution in [0.5, 0.6) is 0 Å². The second-order valence-corrected chi connectivity index (χ2v) is 8.80. The third-order valence-corrected chi connectivity index (χ3v) is 6.65. The summed E-state index contributed by atoms with van der Waals surface area (Å²) in [4.78, 5) is 24.5. The summed E-state index contributed by atoms with van der Waals surface area (Å²) in [5.41, 5.74) is 2.62. The van der Waals surface area contributed by atoms with Crippen molar-refractivity contribution in [1.29, 1.82) is 0 Å². The summed E-state index contributed by atoms with van der Waals surface area (Å²) in [5, 5.41) is 10.3. The van der Waals surface area contributed by atoms with Crippen molar-refractivity contribution in [1.82, 2.24) is 9.88 Å². The number of anilines is 3. The SMILES string of the molecule is CCc1cccc(NC(=O)N2CCC3(C2)Nc2cccnc2NC3=NC2CCCC2)c1. The molecular formula is C24H30N6O. The summed E-state index contributed by atoms with van der Waals surface area (Å²) in [6, 6.07) is 12.3. The molecule has 3 N–H and O–H groups in total. The number of hydrogen-bond acceptors (Lipinski definition) is 4. The van der Waals surface area contributed by atoms with Crippen LogP contribution in [-0.2, 0) is 6.42 Å². The van der Waals surface area contributed by atoms with Crippen molar-refractivity contribution in [2.24, 2.45) is 4.99 Å². The molecule has 1 saturated carbocycles. The molecule has 1 spiro atoms. The number of likely N-dealkylation sites (tertiary alicyclic amines) is 1. The number of amidine groups is 1. The number of aryl methyl sites for hydroxylation is 1. The zero-order valence-electron chi connectivity index (χ0n) is 18.0. The fraction of sp³-hybridized carbons (Fsp3) is 0.458. The van der Waals surface area contributed by atoms with Crippen molar-refractivity contribution in [3.63, 3.8) is 0 Å². The molecule has 2 aliphatic heterocycles. The molecule has 3 heterocycles. The number of nitrogens with one attached hydrogen (secondary N) is 3. The minimum atomic E-state index is -0.402. The third kappa shape index (κ3) is 3.96. The van der Waals surface area contributed by atoms with Crippen LogP contribution >= 0.6 is 0 Å². The van der Waals surface area contributed by atoms with Gasteiger partial charge in [-0.2, -0.15) is 0 Å². The number of pyridine rings is 1. The molecule has 1 aliphatic carbocycles. The molecule has 5 rings (SSSR count). The number of aromatic nitrogens is 1. The summed E-state index contributed by atoms with van der Waals surface area (Å²) in [6.45, 7) is 3.36. The van der Waals surface area contributed by atoms with E-state index in [0.717, 1.165) is 48.7 Å². The Labute approximate surface area is 183 Å². The van der Waals surface area contributed by atoms with Crippen LogP contribution in [-0.4, -0.2) is 46.4 Å². The summed E-state index contributed by atoms with van der Waals surface area (Å²) < 4.78 is 0. The Morgan fingerprint density at radius 3 is 3.00 bits per heavy atom. The Bertz CT molecular complexity index is 999. The van der Waals surface area contributed by atoms with E-state index in [4.69, 9.17) is 4.99 Å². The van der Waals surface area contributed by atoms with Crippen LogP contribution in [0.3, 0.4) is 0 Å². The maximum atomic E-state index is 13.1. The van der Waals surface area contributed by atoms with E-state index in [1.165, 1.54) is 18.4 Å². The molecule has 1 aromatic carbocycles. The van der Waals surface area contributed by atoms with E-state index in [1.807, 2.05) is 35.2 Å². The van der Waals surface area contributed by atoms with Gasteiger partial charge in [-0.05, 0) is 55.5 Å². The molecule has 2 fully saturated rings. The first-order chi connectivity index (χ1) is 15.1. The molecule has 2 amide bonds. The van der Waals surface area contributed by atoms with E-state index >= 15 is 0 Å². The molecule has 2 aromatic rings. The average Bonchev–Trinajstić information content (AvgIpc) is 3.45. The lowest BCUT2D eigenvalue weighted by Crippen LogP contribution is -2.55. The first-order valence-corrected chi connectivity index (χ1v) is 11.4. The van der Waals surface area contributed by atoms with Crippen molar-refractivity contribution < 1.29 is 4.79 Å². The summed E-state index contributed by atoms with van der Waals surface area (Å²) in [7, 11) is 0. The number of carbonyl (C=O) groups excluding carboxylic acids is 1. The van der Waals surface area contributed by atoms with Crippen LogP contribution in [0.25, 0.3) is 0 Å². The van der Waals surface area contributed by atoms with Gasteiger partial charge in [0.2, 0.25) is 0 Å². The Morgan fingerprint density at radius 2 is 2.16 bits per heavy atom. The van der Waals surface area contributed by atoms with Gasteiger partial charge < -0.3 is 20.9 Å². The Balaban J connectivity index is 1.37. The predicted octanol–water partition coefficient (Wildman–Crippen LogP) is 4.50. The molecule has 31 heavy (non-hydrogen) atoms. The maximum absolute atomic E-state index is 13.1. The molecule has 1 unspecified atom stereocenters. The van der Waals surface area contributed by atoms with E-state index in [0.29, 0.717) is 19.1 Å². The van der Waals surface area contributed by atoms with Gasteiger partial charge in [0.05, 0.1) is 18.3 Å². The Hall–Kier alpha value is -3.09. The number of nitrogens with zero attached hydrogens (tertiary/aromatic N) is 3. The van der Waals surface area contributed by atoms with Crippen LogP contribution in [0.15, 0.2) is 47.6 Å². The van der Waals surface area contributed by atoms with Crippen LogP contribution in [0.2, 0.25) is 0 Å². The topological polar surface area (TPSA) is 81.7 Å². The largest absolute Gasteiger partial charge is 0.368 e. The number of urea groups is 1. The number of hydrogen-bond donors (Lipinski definition) is 3. The van der Waals surface area contributed by atoms with Crippen LogP contribution in [0.4, 0.5) is 22.0 Å². The van der Waals surface area contributed by atoms with E-state index in [9.17, 15) is 4.79 Å². The number of aliphatic imine (C=N–C) groups is 1. The van der Waals surface area contributed by atoms with E-state index < -0.39 is 5.54 Å². The summed E-state index contributed by atoms with van der Waals surface area (Å²) in [6.07, 6.45) is 8.28. The first kappa shape index (κ1) is 19.8. The van der Waals surface area contributed by atoms with Gasteiger partial charge in [0, 0.05) is 18.4 Å². The van der Waals surface area contributed by atoms with Crippen molar-refractivity contribution in [3.8, 4) is 0 Å². The lowest BCUT2D eigenvalue weighted by Gasteiger charge is -2.38. The molecule has 7 nitrogen and oxygen atoms in total. The van der Waals surface area contributed by atoms with Crippen LogP contribution < -0.4 is 16.0 Å². The van der Waals surface area contributed by atoms with Gasteiger partial charge in [-0.1, -0.05) is 31.9 Å². The number of amides is 2. The molecule has 1 aromatic heterocycles. The lowest BCUT2D eigenvalue weighted by molar-refractivity contribution is 0.221. The molecule has 1 atom stereocenters. The van der Waals surface area contributed by atoms with E-state index in [1.54, 1.807) is 6.20 Å². The van der Waals surface area contributed by atoms with Gasteiger partial charge in [0.15, 0.2) is 5.82 Å². The van der Waals surface area contributed by atoms with Gasteiger partial charge in [-0.3, -0.25) is 4.99 Å². The lowest BCUT2D eigenvalue weighted by atomic mass is 9.93. The molecule has 3 aliphatic rings. The Morgan fingerprint density at radius 1 is 1.29 bits per heavy atom. The van der Waals surface area contributed by atoms with Gasteiger partial charge in [0.25, 0.3) is 0 Å². The van der Waals surface area contributed by atoms with Crippen molar-refractivity contribution >= 4 is 29.1 Å². The summed E-state index contributed by atoms with van der Waals surface area (Å²) in [5.74, 6) is 1.73. The number of benzene rings is 1. The molecule has 162 valence electrons. The average molecular weight is 419 g/mol. The second-order valence-electron chi connectivity index (χ2n) is 8.80. The minimum absolute atomic E-state index is 0.0656. The zero-order chi connectivity index (χ0) is 21.3. The number of fused-ring (bicyclic) bond motifs is 1. The van der Waals surface area contributed by atoms with Gasteiger partial charge >= 0.3 is 6.03 Å². The molecule has 0 radical (unpaired) electrons. The molecular weight excluding hydrogens is 388 g/mol. The highest BCUT2D eigenvalue weighted by atomic mass is 16.2. The van der Waals surface area contributed by atoms with E-state index in [-0.39, 0.29) is 6.03 Å². The van der Waals surface area contributed by atoms with Crippen LogP contribution in [0.1, 0.15) is 44.6 Å². The highest BCUT2D eigenvalue weighted by Gasteiger charge is 2.47. The number of carbonyl (C=O) groups is 1. The smallest absolute Gasteiger partial charge is 0.321 e. The fourth-order valence-electron chi connectivity index (χ4n) is 4.88. The maximum Gasteiger partial charge on any atom is 0.321 e. The normalized spacial score (nSPS) is 24.2. The van der Waals surface area contributed by atoms with Gasteiger partial charge in [-0.25, -0.2) is 9.78 Å². The van der Waals surface area contributed by atoms with E-state index in [2.05, 4.69) is 33.9 Å². The highest BCUT2D eigenvalue weighted by molar-refractivity contribution is 6.09. The standard InChI is InChI=1S/C24H30N6O/c1-2-17-7-5-10-19(15-17)27-23(31)30-14-12-24(16-30)22(26-18-8-3-4-9-18)28-21-20(29-24)11-6-13-25-21/h5-7,10-11,13,15,18,29H,2-4,8-9,12,14,16H2,1H3,(H,27,31)(H,25,26,28). The zero-order valence-corrected chi connectivity index (χ0v) is 18.0. The summed E-state index contributed by atoms with van der Waals surface area (Å²) >= 11 is 0. The fourth-order valence-corrected chi connectivity index (χ4v) is 4.88. The van der Waals surface area contributed by atoms with Gasteiger partial charge in [-0.15, -0.1) is 0 Å². The van der Waals surface area contributed by atoms with Crippen molar-refractivity contribution in [2.45, 2.75) is 57.0 Å². The monoisotopic (exact) mass is 418 g/mol. The minimum Gasteiger partial charge on any atom is -0.368 e. The van der Waals surface area contributed by atoms with Crippen molar-refractivity contribution in [2.75, 3.05) is 29.0 Å². The quantitative estimate of drug-likeness (QED) is 0.686. The highest BCUT2D eigenvalue weighted by Crippen LogP contribution is 2.36. The third-order valence-electron chi connectivity index (χ3n) is 6.65. The first-order valence-electron chi connectivity index (χ1n) is 11.4. The Kier molecular flexibility index (Phi) is 5.26. The number of rotatable bonds is 3.